The van der Waals surface area contributed by atoms with Gasteiger partial charge in [0, 0.05) is 76.7 Å². The van der Waals surface area contributed by atoms with Crippen molar-refractivity contribution in [3.05, 3.63) is 0 Å². The molecule has 7 bridgehead atoms. The van der Waals surface area contributed by atoms with Crippen LogP contribution in [0.2, 0.25) is 0 Å². The van der Waals surface area contributed by atoms with Crippen LogP contribution in [-0.2, 0) is 38.1 Å². The summed E-state index contributed by atoms with van der Waals surface area (Å²) in [4.78, 5) is 37.9. The summed E-state index contributed by atoms with van der Waals surface area (Å²) >= 11 is 0. The Bertz CT molecular complexity index is 1110. The van der Waals surface area contributed by atoms with Crippen molar-refractivity contribution in [2.24, 2.45) is 46.3 Å². The Hall–Kier alpha value is -1.75. The van der Waals surface area contributed by atoms with Crippen molar-refractivity contribution in [3.63, 3.8) is 0 Å². The molecule has 15 atom stereocenters. The highest BCUT2D eigenvalue weighted by atomic mass is 16.6. The van der Waals surface area contributed by atoms with Crippen LogP contribution >= 0.6 is 0 Å². The number of hydrogen-bond acceptors (Lipinski definition) is 10. The minimum Gasteiger partial charge on any atom is -0.459 e. The van der Waals surface area contributed by atoms with Gasteiger partial charge < -0.3 is 34.1 Å². The van der Waals surface area contributed by atoms with Crippen LogP contribution in [0, 0.1) is 46.3 Å². The van der Waals surface area contributed by atoms with E-state index < -0.39 is 64.5 Å². The third-order valence-corrected chi connectivity index (χ3v) is 12.8. The number of carbonyl (C=O) groups excluding carboxylic acids is 3. The summed E-state index contributed by atoms with van der Waals surface area (Å²) in [6.45, 7) is 11.2. The average Bonchev–Trinajstić information content (AvgIpc) is 3.25. The van der Waals surface area contributed by atoms with Crippen LogP contribution in [0.5, 0.6) is 0 Å². The van der Waals surface area contributed by atoms with Crippen LogP contribution in [0.1, 0.15) is 60.8 Å². The molecule has 1 heterocycles. The Morgan fingerprint density at radius 3 is 2.15 bits per heavy atom. The lowest BCUT2D eigenvalue weighted by atomic mass is 9.41. The van der Waals surface area contributed by atoms with Gasteiger partial charge in [0.2, 0.25) is 0 Å². The van der Waals surface area contributed by atoms with Crippen LogP contribution < -0.4 is 5.32 Å². The van der Waals surface area contributed by atoms with Crippen molar-refractivity contribution >= 4 is 17.9 Å². The van der Waals surface area contributed by atoms with Gasteiger partial charge in [0.05, 0.1) is 12.2 Å². The Labute approximate surface area is 236 Å². The van der Waals surface area contributed by atoms with Gasteiger partial charge in [0.1, 0.15) is 17.8 Å². The van der Waals surface area contributed by atoms with Gasteiger partial charge >= 0.3 is 17.9 Å². The molecule has 0 radical (unpaired) electrons. The second-order valence-electron chi connectivity index (χ2n) is 13.6. The Morgan fingerprint density at radius 2 is 1.60 bits per heavy atom. The molecule has 2 N–H and O–H groups in total. The normalized spacial score (nSPS) is 55.0. The molecule has 10 heteroatoms. The Kier molecular flexibility index (Phi) is 6.30. The largest absolute Gasteiger partial charge is 0.459 e. The Balaban J connectivity index is 1.68. The molecular formula is C30H45NO9. The molecule has 1 unspecified atom stereocenters. The highest BCUT2D eigenvalue weighted by Crippen LogP contribution is 2.80. The van der Waals surface area contributed by atoms with E-state index in [4.69, 9.17) is 23.7 Å². The number of methoxy groups -OCH3 is 2. The molecule has 1 saturated heterocycles. The lowest BCUT2D eigenvalue weighted by Crippen LogP contribution is -2.79. The molecular weight excluding hydrogens is 518 g/mol. The molecule has 0 aromatic heterocycles. The zero-order valence-electron chi connectivity index (χ0n) is 24.9. The van der Waals surface area contributed by atoms with Gasteiger partial charge in [0.25, 0.3) is 0 Å². The van der Waals surface area contributed by atoms with E-state index in [0.29, 0.717) is 12.3 Å². The maximum Gasteiger partial charge on any atom is 0.303 e. The van der Waals surface area contributed by atoms with Crippen LogP contribution in [0.3, 0.4) is 0 Å². The third-order valence-electron chi connectivity index (χ3n) is 12.8. The van der Waals surface area contributed by atoms with Crippen LogP contribution in [0.15, 0.2) is 0 Å². The van der Waals surface area contributed by atoms with Crippen molar-refractivity contribution in [2.45, 2.75) is 102 Å². The first kappa shape index (κ1) is 28.4. The summed E-state index contributed by atoms with van der Waals surface area (Å²) in [6.07, 6.45) is -0.270. The molecule has 6 rings (SSSR count). The molecule has 10 nitrogen and oxygen atoms in total. The number of esters is 3. The maximum absolute atomic E-state index is 13.3. The minimum absolute atomic E-state index is 0.0268. The van der Waals surface area contributed by atoms with Crippen molar-refractivity contribution in [3.8, 4) is 0 Å². The van der Waals surface area contributed by atoms with E-state index in [0.717, 1.165) is 19.4 Å². The van der Waals surface area contributed by atoms with Crippen molar-refractivity contribution in [1.29, 1.82) is 0 Å². The van der Waals surface area contributed by atoms with Gasteiger partial charge in [0.15, 0.2) is 5.60 Å². The molecule has 6 aliphatic rings. The van der Waals surface area contributed by atoms with Gasteiger partial charge in [-0.1, -0.05) is 20.8 Å². The first-order valence-corrected chi connectivity index (χ1v) is 14.9. The molecule has 40 heavy (non-hydrogen) atoms. The fourth-order valence-corrected chi connectivity index (χ4v) is 11.9. The van der Waals surface area contributed by atoms with Crippen LogP contribution in [0.4, 0.5) is 0 Å². The monoisotopic (exact) mass is 563 g/mol. The highest BCUT2D eigenvalue weighted by Gasteiger charge is 2.90. The van der Waals surface area contributed by atoms with E-state index in [-0.39, 0.29) is 35.5 Å². The zero-order valence-corrected chi connectivity index (χ0v) is 24.9. The molecule has 1 aliphatic heterocycles. The van der Waals surface area contributed by atoms with Crippen molar-refractivity contribution < 1.29 is 43.2 Å². The fraction of sp³-hybridized carbons (Fsp3) is 0.900. The summed E-state index contributed by atoms with van der Waals surface area (Å²) in [5.74, 6) is -3.23. The second kappa shape index (κ2) is 8.88. The highest BCUT2D eigenvalue weighted by molar-refractivity contribution is 5.69. The molecule has 0 aromatic rings. The zero-order chi connectivity index (χ0) is 29.2. The third kappa shape index (κ3) is 2.97. The van der Waals surface area contributed by atoms with Gasteiger partial charge in [-0.05, 0) is 36.5 Å². The smallest absolute Gasteiger partial charge is 0.303 e. The molecule has 224 valence electrons. The van der Waals surface area contributed by atoms with E-state index in [2.05, 4.69) is 19.2 Å². The summed E-state index contributed by atoms with van der Waals surface area (Å²) in [7, 11) is 3.47. The molecule has 5 aliphatic carbocycles. The van der Waals surface area contributed by atoms with Gasteiger partial charge in [-0.25, -0.2) is 0 Å². The molecule has 5 saturated carbocycles. The number of carbonyl (C=O) groups is 3. The predicted octanol–water partition coefficient (Wildman–Crippen LogP) is 1.85. The van der Waals surface area contributed by atoms with E-state index >= 15 is 0 Å². The minimum atomic E-state index is -1.61. The quantitative estimate of drug-likeness (QED) is 0.365. The lowest BCUT2D eigenvalue weighted by Gasteiger charge is -2.68. The number of nitrogens with one attached hydrogen (secondary N) is 1. The van der Waals surface area contributed by atoms with Gasteiger partial charge in [-0.15, -0.1) is 0 Å². The predicted molar refractivity (Wildman–Crippen MR) is 141 cm³/mol. The SMILES string of the molecule is CC[C@]12CNC3[C@@H]4[C@H](OC)[C@H]1[C@@]3([C@@H](OC)C[C@H]2C)[C@@H]1C[C@@]2(OC(C)=O)[C@H](OC(C)=O)[C@@H]1[C@]4(O)[C@@H](OC(C)=O)[C@@H]2C. The average molecular weight is 564 g/mol. The molecule has 0 aromatic carbocycles. The number of hydrogen-bond donors (Lipinski definition) is 2. The fourth-order valence-electron chi connectivity index (χ4n) is 11.9. The van der Waals surface area contributed by atoms with E-state index in [9.17, 15) is 19.5 Å². The summed E-state index contributed by atoms with van der Waals surface area (Å²) < 4.78 is 31.1. The van der Waals surface area contributed by atoms with Crippen LogP contribution in [-0.4, -0.2) is 85.4 Å². The van der Waals surface area contributed by atoms with Crippen molar-refractivity contribution in [2.75, 3.05) is 20.8 Å². The van der Waals surface area contributed by atoms with Gasteiger partial charge in [-0.3, -0.25) is 14.4 Å². The van der Waals surface area contributed by atoms with Crippen LogP contribution in [0.25, 0.3) is 0 Å². The summed E-state index contributed by atoms with van der Waals surface area (Å²) in [5, 5.41) is 17.2. The molecule has 6 fully saturated rings. The number of ether oxygens (including phenoxy) is 5. The first-order chi connectivity index (χ1) is 18.8. The second-order valence-corrected chi connectivity index (χ2v) is 13.6. The number of aliphatic hydroxyl groups is 1. The van der Waals surface area contributed by atoms with Gasteiger partial charge in [-0.2, -0.15) is 0 Å². The van der Waals surface area contributed by atoms with Crippen molar-refractivity contribution in [1.82, 2.24) is 5.32 Å². The summed E-state index contributed by atoms with van der Waals surface area (Å²) in [6, 6.07) is -0.194. The van der Waals surface area contributed by atoms with E-state index in [1.165, 1.54) is 20.8 Å². The maximum atomic E-state index is 13.3. The standard InChI is InChI=1S/C30H45NO9/c1-9-27-12-31-24-21-22(37-8)23(27)29(24,19(36-7)10-13(27)2)18-11-28(40-17(6)34)14(3)25(38-15(4)32)30(21,35)20(18)26(28)39-16(5)33/h13-14,18-26,31,35H,9-12H2,1-8H3/t13-,14+,18-,19+,20-,21+,22+,23-,24?,25+,26-,27-,28+,29+,30-/m1/s1. The first-order valence-electron chi connectivity index (χ1n) is 14.9. The lowest BCUT2D eigenvalue weighted by molar-refractivity contribution is -0.297. The molecule has 1 spiro atoms. The number of fused-ring (bicyclic) bond motifs is 2. The summed E-state index contributed by atoms with van der Waals surface area (Å²) in [5.41, 5.74) is -3.49. The van der Waals surface area contributed by atoms with E-state index in [1.807, 2.05) is 6.92 Å². The topological polar surface area (TPSA) is 130 Å². The Morgan fingerprint density at radius 1 is 0.950 bits per heavy atom. The number of rotatable bonds is 6. The van der Waals surface area contributed by atoms with E-state index in [1.54, 1.807) is 14.2 Å². The molecule has 0 amide bonds. The number of piperidine rings is 1.